The predicted octanol–water partition coefficient (Wildman–Crippen LogP) is 13.1. The van der Waals surface area contributed by atoms with Crippen LogP contribution in [0.3, 0.4) is 0 Å². The molecule has 5 nitrogen and oxygen atoms in total. The van der Waals surface area contributed by atoms with Crippen molar-refractivity contribution in [2.45, 2.75) is 51.4 Å². The Kier molecular flexibility index (Phi) is 8.37. The topological polar surface area (TPSA) is 75.6 Å². The van der Waals surface area contributed by atoms with Crippen LogP contribution in [0.15, 0.2) is 144 Å². The first kappa shape index (κ1) is 34.1. The minimum absolute atomic E-state index is 0.328. The molecular weight excluding hydrogens is 685 g/mol. The minimum Gasteiger partial charge on any atom is -0.455 e. The first-order chi connectivity index (χ1) is 27.4. The van der Waals surface area contributed by atoms with Gasteiger partial charge in [-0.15, -0.1) is 0 Å². The molecule has 2 saturated carbocycles. The zero-order chi connectivity index (χ0) is 37.8. The molecule has 272 valence electrons. The SMILES string of the molecule is C[C@@H]1CC2C[C@H](C)CC(c3ccc(-c4ccc(-c5nc(-c6ccc(C#N)cc6)nc(-c6ccc(-c7cccc8c7oc7ccccc78)cc6)n5)cc4)cc3)(C2)C1. The van der Waals surface area contributed by atoms with Crippen LogP contribution in [-0.4, -0.2) is 15.0 Å². The van der Waals surface area contributed by atoms with Crippen LogP contribution in [0.25, 0.3) is 78.4 Å². The molecule has 6 aromatic carbocycles. The van der Waals surface area contributed by atoms with E-state index in [4.69, 9.17) is 19.4 Å². The van der Waals surface area contributed by atoms with Crippen LogP contribution < -0.4 is 0 Å². The van der Waals surface area contributed by atoms with Gasteiger partial charge in [0.25, 0.3) is 0 Å². The van der Waals surface area contributed by atoms with Crippen molar-refractivity contribution in [2.75, 3.05) is 0 Å². The van der Waals surface area contributed by atoms with Crippen molar-refractivity contribution in [1.29, 1.82) is 5.26 Å². The molecule has 4 atom stereocenters. The van der Waals surface area contributed by atoms with Crippen molar-refractivity contribution in [2.24, 2.45) is 17.8 Å². The fourth-order valence-electron chi connectivity index (χ4n) is 10.1. The zero-order valence-electron chi connectivity index (χ0n) is 31.7. The van der Waals surface area contributed by atoms with Crippen molar-refractivity contribution in [3.8, 4) is 62.5 Å². The fourth-order valence-corrected chi connectivity index (χ4v) is 10.1. The lowest BCUT2D eigenvalue weighted by atomic mass is 9.54. The molecule has 2 aromatic heterocycles. The lowest BCUT2D eigenvalue weighted by molar-refractivity contribution is 0.0780. The van der Waals surface area contributed by atoms with Gasteiger partial charge in [-0.2, -0.15) is 5.26 Å². The van der Waals surface area contributed by atoms with Gasteiger partial charge in [0, 0.05) is 33.0 Å². The Bertz CT molecular complexity index is 2740. The summed E-state index contributed by atoms with van der Waals surface area (Å²) >= 11 is 0. The van der Waals surface area contributed by atoms with E-state index in [1.54, 1.807) is 12.1 Å². The number of nitriles is 1. The molecule has 2 fully saturated rings. The predicted molar refractivity (Wildman–Crippen MR) is 226 cm³/mol. The lowest BCUT2D eigenvalue weighted by Gasteiger charge is -2.50. The van der Waals surface area contributed by atoms with Crippen LogP contribution in [-0.2, 0) is 5.41 Å². The molecule has 0 radical (unpaired) electrons. The number of para-hydroxylation sites is 2. The second-order valence-electron chi connectivity index (χ2n) is 16.4. The van der Waals surface area contributed by atoms with Gasteiger partial charge in [-0.3, -0.25) is 0 Å². The van der Waals surface area contributed by atoms with Crippen LogP contribution in [0.5, 0.6) is 0 Å². The number of hydrogen-bond donors (Lipinski definition) is 0. The third-order valence-corrected chi connectivity index (χ3v) is 12.4. The summed E-state index contributed by atoms with van der Waals surface area (Å²) in [6.07, 6.45) is 6.74. The first-order valence-corrected chi connectivity index (χ1v) is 19.9. The van der Waals surface area contributed by atoms with E-state index in [1.807, 2.05) is 30.3 Å². The third kappa shape index (κ3) is 6.16. The molecule has 2 bridgehead atoms. The highest BCUT2D eigenvalue weighted by molar-refractivity contribution is 6.09. The normalized spacial score (nSPS) is 20.6. The van der Waals surface area contributed by atoms with E-state index in [1.165, 1.54) is 48.8 Å². The van der Waals surface area contributed by atoms with Gasteiger partial charge < -0.3 is 4.42 Å². The Morgan fingerprint density at radius 1 is 0.536 bits per heavy atom. The Hall–Kier alpha value is -6.38. The number of aromatic nitrogens is 3. The van der Waals surface area contributed by atoms with E-state index in [0.29, 0.717) is 28.5 Å². The summed E-state index contributed by atoms with van der Waals surface area (Å²) in [5, 5.41) is 11.6. The summed E-state index contributed by atoms with van der Waals surface area (Å²) in [6.45, 7) is 4.91. The van der Waals surface area contributed by atoms with Gasteiger partial charge in [-0.1, -0.05) is 123 Å². The summed E-state index contributed by atoms with van der Waals surface area (Å²) in [4.78, 5) is 14.9. The molecule has 8 aromatic rings. The summed E-state index contributed by atoms with van der Waals surface area (Å²) in [5.74, 6) is 4.19. The monoisotopic (exact) mass is 726 g/mol. The van der Waals surface area contributed by atoms with E-state index in [0.717, 1.165) is 67.5 Å². The summed E-state index contributed by atoms with van der Waals surface area (Å²) in [6, 6.07) is 50.4. The van der Waals surface area contributed by atoms with E-state index >= 15 is 0 Å². The number of furan rings is 1. The Morgan fingerprint density at radius 3 is 1.62 bits per heavy atom. The summed E-state index contributed by atoms with van der Waals surface area (Å²) in [7, 11) is 0. The van der Waals surface area contributed by atoms with Crippen molar-refractivity contribution in [3.63, 3.8) is 0 Å². The maximum Gasteiger partial charge on any atom is 0.164 e. The molecule has 0 spiro atoms. The maximum absolute atomic E-state index is 9.42. The Balaban J connectivity index is 0.974. The molecule has 0 N–H and O–H groups in total. The lowest BCUT2D eigenvalue weighted by Crippen LogP contribution is -2.42. The molecular formula is C51H42N4O. The average molecular weight is 727 g/mol. The number of nitrogens with zero attached hydrogens (tertiary/aromatic N) is 4. The van der Waals surface area contributed by atoms with Crippen molar-refractivity contribution in [1.82, 2.24) is 15.0 Å². The van der Waals surface area contributed by atoms with Gasteiger partial charge in [-0.05, 0) is 108 Å². The molecule has 2 aliphatic rings. The van der Waals surface area contributed by atoms with Gasteiger partial charge >= 0.3 is 0 Å². The molecule has 2 heterocycles. The van der Waals surface area contributed by atoms with E-state index < -0.39 is 0 Å². The molecule has 2 aliphatic carbocycles. The second-order valence-corrected chi connectivity index (χ2v) is 16.4. The molecule has 10 rings (SSSR count). The van der Waals surface area contributed by atoms with Crippen LogP contribution in [0, 0.1) is 29.1 Å². The smallest absolute Gasteiger partial charge is 0.164 e. The first-order valence-electron chi connectivity index (χ1n) is 19.9. The fraction of sp³-hybridized carbons (Fsp3) is 0.216. The second kappa shape index (κ2) is 13.7. The highest BCUT2D eigenvalue weighted by Crippen LogP contribution is 2.54. The van der Waals surface area contributed by atoms with Crippen LogP contribution in [0.1, 0.15) is 57.1 Å². The number of fused-ring (bicyclic) bond motifs is 5. The molecule has 5 heteroatoms. The highest BCUT2D eigenvalue weighted by Gasteiger charge is 2.45. The van der Waals surface area contributed by atoms with Crippen LogP contribution in [0.2, 0.25) is 0 Å². The standard InChI is InChI=1S/C51H42N4O/c1-32-26-35-27-33(2)29-51(28-32,30-35)42-24-22-37(23-25-42)36-14-18-40(19-15-36)49-53-48(39-12-10-34(31-52)11-13-39)54-50(55-49)41-20-16-38(17-21-41)43-7-5-8-45-44-6-3-4-9-46(44)56-47(43)45/h3-25,32-33,35H,26-30H2,1-2H3/t32-,33+,35?,51?. The van der Waals surface area contributed by atoms with Crippen molar-refractivity contribution in [3.05, 3.63) is 151 Å². The maximum atomic E-state index is 9.42. The number of rotatable bonds is 6. The molecule has 0 saturated heterocycles. The van der Waals surface area contributed by atoms with Crippen LogP contribution in [0.4, 0.5) is 0 Å². The van der Waals surface area contributed by atoms with Crippen molar-refractivity contribution < 1.29 is 4.42 Å². The summed E-state index contributed by atoms with van der Waals surface area (Å²) < 4.78 is 6.33. The zero-order valence-corrected chi connectivity index (χ0v) is 31.7. The van der Waals surface area contributed by atoms with Gasteiger partial charge in [0.2, 0.25) is 0 Å². The van der Waals surface area contributed by atoms with Gasteiger partial charge in [-0.25, -0.2) is 15.0 Å². The third-order valence-electron chi connectivity index (χ3n) is 12.4. The quantitative estimate of drug-likeness (QED) is 0.170. The highest BCUT2D eigenvalue weighted by atomic mass is 16.3. The van der Waals surface area contributed by atoms with Gasteiger partial charge in [0.15, 0.2) is 17.5 Å². The van der Waals surface area contributed by atoms with E-state index in [2.05, 4.69) is 117 Å². The van der Waals surface area contributed by atoms with Gasteiger partial charge in [0.1, 0.15) is 11.2 Å². The van der Waals surface area contributed by atoms with E-state index in [9.17, 15) is 5.26 Å². The minimum atomic E-state index is 0.328. The number of hydrogen-bond acceptors (Lipinski definition) is 5. The summed E-state index contributed by atoms with van der Waals surface area (Å²) in [5.41, 5.74) is 11.3. The Morgan fingerprint density at radius 2 is 1.04 bits per heavy atom. The van der Waals surface area contributed by atoms with Crippen LogP contribution >= 0.6 is 0 Å². The molecule has 2 unspecified atom stereocenters. The van der Waals surface area contributed by atoms with E-state index in [-0.39, 0.29) is 0 Å². The molecule has 0 amide bonds. The molecule has 0 aliphatic heterocycles. The number of benzene rings is 6. The Labute approximate surface area is 327 Å². The van der Waals surface area contributed by atoms with Gasteiger partial charge in [0.05, 0.1) is 11.6 Å². The van der Waals surface area contributed by atoms with Crippen molar-refractivity contribution >= 4 is 21.9 Å². The average Bonchev–Trinajstić information content (AvgIpc) is 3.62. The molecule has 56 heavy (non-hydrogen) atoms. The largest absolute Gasteiger partial charge is 0.455 e.